The molecule has 3 rings (SSSR count). The Labute approximate surface area is 181 Å². The third-order valence-electron chi connectivity index (χ3n) is 3.98. The van der Waals surface area contributed by atoms with Gasteiger partial charge in [-0.2, -0.15) is 0 Å². The van der Waals surface area contributed by atoms with Gasteiger partial charge in [0.1, 0.15) is 16.7 Å². The summed E-state index contributed by atoms with van der Waals surface area (Å²) >= 11 is 12.3. The number of benzene rings is 2. The number of carbonyl (C=O) groups is 1. The first-order valence-corrected chi connectivity index (χ1v) is 10.0. The molecule has 1 amide bonds. The van der Waals surface area contributed by atoms with E-state index in [-0.39, 0.29) is 18.2 Å². The quantitative estimate of drug-likeness (QED) is 0.191. The van der Waals surface area contributed by atoms with E-state index in [1.807, 2.05) is 12.1 Å². The van der Waals surface area contributed by atoms with Crippen molar-refractivity contribution in [1.82, 2.24) is 4.90 Å². The number of nitro groups is 1. The van der Waals surface area contributed by atoms with Gasteiger partial charge < -0.3 is 4.74 Å². The molecule has 6 nitrogen and oxygen atoms in total. The number of non-ortho nitro benzene ring substituents is 1. The first-order chi connectivity index (χ1) is 13.9. The summed E-state index contributed by atoms with van der Waals surface area (Å²) in [5.74, 6) is 0.148. The highest BCUT2D eigenvalue weighted by molar-refractivity contribution is 8.26. The number of nitro benzene ring substituents is 1. The zero-order valence-corrected chi connectivity index (χ0v) is 17.4. The molecular weight excluding hydrogens is 432 g/mol. The standard InChI is InChI=1S/C20H15ClN2O4S2/c1-2-9-22-19(24)18(29-20(22)28)11-14-10-16(23(25)26)7-8-17(14)27-12-13-3-5-15(21)6-4-13/h2-8,10-11H,1,9,12H2. The average molecular weight is 447 g/mol. The maximum Gasteiger partial charge on any atom is 0.270 e. The molecule has 1 aliphatic heterocycles. The molecule has 0 aromatic heterocycles. The average Bonchev–Trinajstić information content (AvgIpc) is 2.96. The molecule has 2 aromatic rings. The highest BCUT2D eigenvalue weighted by Crippen LogP contribution is 2.35. The predicted molar refractivity (Wildman–Crippen MR) is 119 cm³/mol. The van der Waals surface area contributed by atoms with Crippen LogP contribution >= 0.6 is 35.6 Å². The zero-order valence-electron chi connectivity index (χ0n) is 15.0. The third kappa shape index (κ3) is 5.03. The maximum absolute atomic E-state index is 12.6. The van der Waals surface area contributed by atoms with Gasteiger partial charge in [-0.25, -0.2) is 0 Å². The van der Waals surface area contributed by atoms with Crippen molar-refractivity contribution in [3.63, 3.8) is 0 Å². The van der Waals surface area contributed by atoms with Crippen LogP contribution in [0.1, 0.15) is 11.1 Å². The summed E-state index contributed by atoms with van der Waals surface area (Å²) < 4.78 is 6.26. The smallest absolute Gasteiger partial charge is 0.270 e. The van der Waals surface area contributed by atoms with Gasteiger partial charge in [0, 0.05) is 29.3 Å². The SMILES string of the molecule is C=CCN1C(=O)C(=Cc2cc([N+](=O)[O-])ccc2OCc2ccc(Cl)cc2)SC1=S. The molecule has 0 bridgehead atoms. The lowest BCUT2D eigenvalue weighted by molar-refractivity contribution is -0.384. The van der Waals surface area contributed by atoms with Crippen molar-refractivity contribution in [1.29, 1.82) is 0 Å². The summed E-state index contributed by atoms with van der Waals surface area (Å²) in [7, 11) is 0. The number of hydrogen-bond donors (Lipinski definition) is 0. The van der Waals surface area contributed by atoms with Gasteiger partial charge in [0.25, 0.3) is 11.6 Å². The van der Waals surface area contributed by atoms with Crippen LogP contribution < -0.4 is 4.74 Å². The van der Waals surface area contributed by atoms with E-state index in [9.17, 15) is 14.9 Å². The van der Waals surface area contributed by atoms with E-state index >= 15 is 0 Å². The topological polar surface area (TPSA) is 72.7 Å². The fourth-order valence-electron chi connectivity index (χ4n) is 2.56. The van der Waals surface area contributed by atoms with E-state index in [4.69, 9.17) is 28.6 Å². The second kappa shape index (κ2) is 9.21. The number of halogens is 1. The van der Waals surface area contributed by atoms with Crippen LogP contribution in [0, 0.1) is 10.1 Å². The van der Waals surface area contributed by atoms with Crippen molar-refractivity contribution in [2.75, 3.05) is 6.54 Å². The van der Waals surface area contributed by atoms with Gasteiger partial charge in [-0.05, 0) is 29.8 Å². The number of amides is 1. The Hall–Kier alpha value is -2.68. The second-order valence-electron chi connectivity index (χ2n) is 5.98. The molecule has 1 heterocycles. The van der Waals surface area contributed by atoms with E-state index in [0.717, 1.165) is 17.3 Å². The fraction of sp³-hybridized carbons (Fsp3) is 0.100. The van der Waals surface area contributed by atoms with E-state index in [2.05, 4.69) is 6.58 Å². The number of hydrogen-bond acceptors (Lipinski definition) is 6. The summed E-state index contributed by atoms with van der Waals surface area (Å²) in [6.45, 7) is 4.17. The summed E-state index contributed by atoms with van der Waals surface area (Å²) in [5, 5.41) is 11.8. The van der Waals surface area contributed by atoms with Crippen molar-refractivity contribution < 1.29 is 14.5 Å². The minimum Gasteiger partial charge on any atom is -0.488 e. The van der Waals surface area contributed by atoms with Crippen LogP contribution in [0.15, 0.2) is 60.0 Å². The van der Waals surface area contributed by atoms with E-state index in [0.29, 0.717) is 32.1 Å². The molecular formula is C20H15ClN2O4S2. The molecule has 9 heteroatoms. The Morgan fingerprint density at radius 2 is 2.00 bits per heavy atom. The molecule has 1 saturated heterocycles. The van der Waals surface area contributed by atoms with E-state index < -0.39 is 4.92 Å². The van der Waals surface area contributed by atoms with E-state index in [1.54, 1.807) is 24.3 Å². The number of nitrogens with zero attached hydrogens (tertiary/aromatic N) is 2. The van der Waals surface area contributed by atoms with Crippen LogP contribution in [0.4, 0.5) is 5.69 Å². The predicted octanol–water partition coefficient (Wildman–Crippen LogP) is 5.21. The van der Waals surface area contributed by atoms with E-state index in [1.165, 1.54) is 23.1 Å². The van der Waals surface area contributed by atoms with Gasteiger partial charge in [0.15, 0.2) is 0 Å². The van der Waals surface area contributed by atoms with Gasteiger partial charge >= 0.3 is 0 Å². The molecule has 0 N–H and O–H groups in total. The molecule has 1 aliphatic rings. The molecule has 0 atom stereocenters. The van der Waals surface area contributed by atoms with Crippen LogP contribution in [0.5, 0.6) is 5.75 Å². The highest BCUT2D eigenvalue weighted by Gasteiger charge is 2.31. The van der Waals surface area contributed by atoms with Gasteiger partial charge in [-0.1, -0.05) is 53.8 Å². The third-order valence-corrected chi connectivity index (χ3v) is 5.61. The van der Waals surface area contributed by atoms with Gasteiger partial charge in [-0.15, -0.1) is 6.58 Å². The molecule has 29 heavy (non-hydrogen) atoms. The number of thioether (sulfide) groups is 1. The lowest BCUT2D eigenvalue weighted by Crippen LogP contribution is -2.27. The van der Waals surface area contributed by atoms with Gasteiger partial charge in [0.05, 0.1) is 9.83 Å². The van der Waals surface area contributed by atoms with Crippen molar-refractivity contribution >= 4 is 57.6 Å². The lowest BCUT2D eigenvalue weighted by atomic mass is 10.1. The Morgan fingerprint density at radius 3 is 2.66 bits per heavy atom. The summed E-state index contributed by atoms with van der Waals surface area (Å²) in [4.78, 5) is 25.0. The molecule has 0 radical (unpaired) electrons. The molecule has 2 aromatic carbocycles. The molecule has 0 saturated carbocycles. The number of rotatable bonds is 7. The van der Waals surface area contributed by atoms with Crippen molar-refractivity contribution in [2.24, 2.45) is 0 Å². The molecule has 1 fully saturated rings. The van der Waals surface area contributed by atoms with Crippen molar-refractivity contribution in [3.8, 4) is 5.75 Å². The molecule has 148 valence electrons. The largest absolute Gasteiger partial charge is 0.488 e. The summed E-state index contributed by atoms with van der Waals surface area (Å²) in [5.41, 5.74) is 1.21. The Morgan fingerprint density at radius 1 is 1.28 bits per heavy atom. The summed E-state index contributed by atoms with van der Waals surface area (Å²) in [6.07, 6.45) is 3.15. The van der Waals surface area contributed by atoms with Crippen LogP contribution in [-0.2, 0) is 11.4 Å². The maximum atomic E-state index is 12.6. The van der Waals surface area contributed by atoms with Crippen LogP contribution in [0.3, 0.4) is 0 Å². The minimum atomic E-state index is -0.497. The number of ether oxygens (including phenoxy) is 1. The molecule has 0 spiro atoms. The Balaban J connectivity index is 1.91. The molecule has 0 aliphatic carbocycles. The lowest BCUT2D eigenvalue weighted by Gasteiger charge is -2.11. The first-order valence-electron chi connectivity index (χ1n) is 8.41. The summed E-state index contributed by atoms with van der Waals surface area (Å²) in [6, 6.07) is 11.4. The number of carbonyl (C=O) groups excluding carboxylic acids is 1. The number of thiocarbonyl (C=S) groups is 1. The van der Waals surface area contributed by atoms with Crippen molar-refractivity contribution in [2.45, 2.75) is 6.61 Å². The first kappa shape index (κ1) is 21.0. The van der Waals surface area contributed by atoms with Crippen LogP contribution in [0.25, 0.3) is 6.08 Å². The zero-order chi connectivity index (χ0) is 21.0. The fourth-order valence-corrected chi connectivity index (χ4v) is 3.96. The Bertz CT molecular complexity index is 1020. The highest BCUT2D eigenvalue weighted by atomic mass is 35.5. The van der Waals surface area contributed by atoms with Gasteiger partial charge in [0.2, 0.25) is 0 Å². The van der Waals surface area contributed by atoms with Crippen molar-refractivity contribution in [3.05, 3.63) is 86.3 Å². The Kier molecular flexibility index (Phi) is 6.68. The van der Waals surface area contributed by atoms with Gasteiger partial charge in [-0.3, -0.25) is 19.8 Å². The van der Waals surface area contributed by atoms with Crippen LogP contribution in [0.2, 0.25) is 5.02 Å². The monoisotopic (exact) mass is 446 g/mol. The van der Waals surface area contributed by atoms with Crippen LogP contribution in [-0.4, -0.2) is 26.6 Å². The minimum absolute atomic E-state index is 0.100. The second-order valence-corrected chi connectivity index (χ2v) is 8.09. The normalized spacial score (nSPS) is 15.1. The molecule has 0 unspecified atom stereocenters.